The molecule has 136 valence electrons. The van der Waals surface area contributed by atoms with Gasteiger partial charge < -0.3 is 15.2 Å². The highest BCUT2D eigenvalue weighted by molar-refractivity contribution is 7.16. The summed E-state index contributed by atoms with van der Waals surface area (Å²) in [5.74, 6) is 1.66. The summed E-state index contributed by atoms with van der Waals surface area (Å²) in [6, 6.07) is 13.9. The minimum Gasteiger partial charge on any atom is -0.491 e. The molecule has 0 saturated heterocycles. The van der Waals surface area contributed by atoms with Crippen molar-refractivity contribution >= 4 is 11.3 Å². The number of rotatable bonds is 6. The van der Waals surface area contributed by atoms with Crippen LogP contribution in [0.15, 0.2) is 48.7 Å². The van der Waals surface area contributed by atoms with Gasteiger partial charge in [0.1, 0.15) is 16.5 Å². The Morgan fingerprint density at radius 1 is 1.00 bits per heavy atom. The summed E-state index contributed by atoms with van der Waals surface area (Å²) >= 11 is 1.53. The van der Waals surface area contributed by atoms with E-state index in [1.54, 1.807) is 6.20 Å². The Morgan fingerprint density at radius 2 is 1.69 bits per heavy atom. The van der Waals surface area contributed by atoms with Gasteiger partial charge in [0.2, 0.25) is 5.06 Å². The zero-order chi connectivity index (χ0) is 18.7. The molecule has 2 aromatic carbocycles. The second kappa shape index (κ2) is 7.89. The van der Waals surface area contributed by atoms with E-state index in [-0.39, 0.29) is 12.1 Å². The molecule has 0 bridgehead atoms. The highest BCUT2D eigenvalue weighted by atomic mass is 32.1. The third-order valence-corrected chi connectivity index (χ3v) is 4.82. The lowest BCUT2D eigenvalue weighted by atomic mass is 10.1. The molecule has 0 fully saturated rings. The average molecular weight is 369 g/mol. The highest BCUT2D eigenvalue weighted by Gasteiger charge is 2.11. The molecule has 1 aromatic heterocycles. The minimum absolute atomic E-state index is 0.0182. The van der Waals surface area contributed by atoms with Gasteiger partial charge in [0, 0.05) is 11.6 Å². The lowest BCUT2D eigenvalue weighted by molar-refractivity contribution is 0.242. The number of benzene rings is 2. The van der Waals surface area contributed by atoms with E-state index in [1.807, 2.05) is 63.2 Å². The van der Waals surface area contributed by atoms with Crippen LogP contribution < -0.4 is 15.2 Å². The lowest BCUT2D eigenvalue weighted by Gasteiger charge is -2.11. The Morgan fingerprint density at radius 3 is 2.31 bits per heavy atom. The summed E-state index contributed by atoms with van der Waals surface area (Å²) in [4.78, 5) is 4.51. The molecule has 0 aliphatic heterocycles. The van der Waals surface area contributed by atoms with Crippen LogP contribution in [0.25, 0.3) is 10.6 Å². The number of aromatic nitrogens is 1. The zero-order valence-electron chi connectivity index (χ0n) is 15.5. The first-order valence-corrected chi connectivity index (χ1v) is 9.51. The first-order valence-electron chi connectivity index (χ1n) is 8.69. The second-order valence-corrected chi connectivity index (χ2v) is 7.58. The maximum Gasteiger partial charge on any atom is 0.201 e. The summed E-state index contributed by atoms with van der Waals surface area (Å²) in [6.07, 6.45) is 1.92. The van der Waals surface area contributed by atoms with Crippen molar-refractivity contribution in [3.8, 4) is 27.1 Å². The normalized spacial score (nSPS) is 12.2. The minimum atomic E-state index is 0.0182. The molecular weight excluding hydrogens is 344 g/mol. The van der Waals surface area contributed by atoms with Gasteiger partial charge >= 0.3 is 0 Å². The Hall–Kier alpha value is -2.37. The van der Waals surface area contributed by atoms with Crippen LogP contribution in [0, 0.1) is 6.92 Å². The maximum absolute atomic E-state index is 5.92. The van der Waals surface area contributed by atoms with Crippen LogP contribution in [0.4, 0.5) is 0 Å². The summed E-state index contributed by atoms with van der Waals surface area (Å²) in [5, 5.41) is 1.69. The van der Waals surface area contributed by atoms with Crippen LogP contribution >= 0.6 is 11.3 Å². The van der Waals surface area contributed by atoms with Crippen LogP contribution in [-0.4, -0.2) is 11.1 Å². The summed E-state index contributed by atoms with van der Waals surface area (Å²) in [7, 11) is 0. The maximum atomic E-state index is 5.92. The summed E-state index contributed by atoms with van der Waals surface area (Å²) in [5.41, 5.74) is 9.18. The predicted octanol–water partition coefficient (Wildman–Crippen LogP) is 5.72. The fraction of sp³-hybridized carbons (Fsp3) is 0.286. The van der Waals surface area contributed by atoms with Gasteiger partial charge in [-0.25, -0.2) is 4.98 Å². The third kappa shape index (κ3) is 4.42. The monoisotopic (exact) mass is 368 g/mol. The number of thiazole rings is 1. The number of nitrogens with zero attached hydrogens (tertiary/aromatic N) is 1. The van der Waals surface area contributed by atoms with Gasteiger partial charge in [-0.1, -0.05) is 23.5 Å². The smallest absolute Gasteiger partial charge is 0.201 e. The van der Waals surface area contributed by atoms with Gasteiger partial charge in [-0.15, -0.1) is 0 Å². The molecule has 4 nitrogen and oxygen atoms in total. The molecule has 0 saturated carbocycles. The number of hydrogen-bond acceptors (Lipinski definition) is 5. The number of aryl methyl sites for hydroxylation is 1. The molecule has 0 spiro atoms. The van der Waals surface area contributed by atoms with E-state index in [0.29, 0.717) is 0 Å². The lowest BCUT2D eigenvalue weighted by Crippen LogP contribution is -2.05. The molecule has 2 N–H and O–H groups in total. The standard InChI is InChI=1S/C21H24N2O2S/c1-13(2)24-18-9-10-19(14(3)11-18)21-23-12-20(26-21)25-17-7-5-16(6-8-17)15(4)22/h5-13,15H,22H2,1-4H3. The second-order valence-electron chi connectivity index (χ2n) is 6.59. The van der Waals surface area contributed by atoms with Crippen molar-refractivity contribution in [2.45, 2.75) is 39.8 Å². The number of nitrogens with two attached hydrogens (primary N) is 1. The first kappa shape index (κ1) is 18.4. The van der Waals surface area contributed by atoms with Gasteiger partial charge in [0.15, 0.2) is 0 Å². The van der Waals surface area contributed by atoms with Gasteiger partial charge in [0.05, 0.1) is 12.3 Å². The summed E-state index contributed by atoms with van der Waals surface area (Å²) < 4.78 is 11.7. The van der Waals surface area contributed by atoms with E-state index in [4.69, 9.17) is 15.2 Å². The van der Waals surface area contributed by atoms with E-state index in [1.165, 1.54) is 11.3 Å². The van der Waals surface area contributed by atoms with E-state index in [9.17, 15) is 0 Å². The van der Waals surface area contributed by atoms with Crippen LogP contribution in [0.3, 0.4) is 0 Å². The Labute approximate surface area is 158 Å². The first-order chi connectivity index (χ1) is 12.4. The molecule has 0 radical (unpaired) electrons. The van der Waals surface area contributed by atoms with E-state index >= 15 is 0 Å². The molecule has 1 heterocycles. The van der Waals surface area contributed by atoms with Crippen molar-refractivity contribution in [1.82, 2.24) is 4.98 Å². The molecule has 0 aliphatic rings. The molecule has 1 unspecified atom stereocenters. The Kier molecular flexibility index (Phi) is 5.59. The van der Waals surface area contributed by atoms with Crippen LogP contribution in [-0.2, 0) is 0 Å². The van der Waals surface area contributed by atoms with Gasteiger partial charge in [-0.05, 0) is 69.2 Å². The Bertz CT molecular complexity index is 870. The molecular formula is C21H24N2O2S. The number of hydrogen-bond donors (Lipinski definition) is 1. The molecule has 26 heavy (non-hydrogen) atoms. The highest BCUT2D eigenvalue weighted by Crippen LogP contribution is 2.35. The van der Waals surface area contributed by atoms with Crippen molar-refractivity contribution in [2.75, 3.05) is 0 Å². The van der Waals surface area contributed by atoms with Crippen LogP contribution in [0.5, 0.6) is 16.6 Å². The number of ether oxygens (including phenoxy) is 2. The average Bonchev–Trinajstić information content (AvgIpc) is 3.03. The topological polar surface area (TPSA) is 57.4 Å². The predicted molar refractivity (Wildman–Crippen MR) is 107 cm³/mol. The Balaban J connectivity index is 1.75. The molecule has 3 aromatic rings. The molecule has 5 heteroatoms. The third-order valence-electron chi connectivity index (χ3n) is 3.91. The molecule has 0 amide bonds. The van der Waals surface area contributed by atoms with Crippen molar-refractivity contribution in [2.24, 2.45) is 5.73 Å². The van der Waals surface area contributed by atoms with E-state index in [0.717, 1.165) is 38.3 Å². The van der Waals surface area contributed by atoms with Gasteiger partial charge in [0.25, 0.3) is 0 Å². The van der Waals surface area contributed by atoms with Crippen LogP contribution in [0.1, 0.15) is 37.9 Å². The molecule has 1 atom stereocenters. The van der Waals surface area contributed by atoms with Gasteiger partial charge in [-0.2, -0.15) is 0 Å². The van der Waals surface area contributed by atoms with Crippen molar-refractivity contribution in [3.05, 3.63) is 59.8 Å². The summed E-state index contributed by atoms with van der Waals surface area (Å²) in [6.45, 7) is 8.07. The van der Waals surface area contributed by atoms with Crippen molar-refractivity contribution < 1.29 is 9.47 Å². The van der Waals surface area contributed by atoms with Crippen molar-refractivity contribution in [3.63, 3.8) is 0 Å². The fourth-order valence-corrected chi connectivity index (χ4v) is 3.49. The van der Waals surface area contributed by atoms with E-state index < -0.39 is 0 Å². The van der Waals surface area contributed by atoms with Crippen molar-refractivity contribution in [1.29, 1.82) is 0 Å². The fourth-order valence-electron chi connectivity index (χ4n) is 2.61. The zero-order valence-corrected chi connectivity index (χ0v) is 16.3. The van der Waals surface area contributed by atoms with E-state index in [2.05, 4.69) is 11.9 Å². The molecule has 0 aliphatic carbocycles. The quantitative estimate of drug-likeness (QED) is 0.605. The van der Waals surface area contributed by atoms with Crippen LogP contribution in [0.2, 0.25) is 0 Å². The largest absolute Gasteiger partial charge is 0.491 e. The SMILES string of the molecule is Cc1cc(OC(C)C)ccc1-c1ncc(Oc2ccc(C(C)N)cc2)s1. The van der Waals surface area contributed by atoms with Gasteiger partial charge in [-0.3, -0.25) is 0 Å². The molecule has 3 rings (SSSR count).